The van der Waals surface area contributed by atoms with Gasteiger partial charge in [0.15, 0.2) is 0 Å². The van der Waals surface area contributed by atoms with Gasteiger partial charge in [-0.3, -0.25) is 14.1 Å². The van der Waals surface area contributed by atoms with E-state index in [0.717, 1.165) is 6.07 Å². The Morgan fingerprint density at radius 1 is 0.897 bits per heavy atom. The number of aryl methyl sites for hydroxylation is 2. The van der Waals surface area contributed by atoms with E-state index < -0.39 is 27.2 Å². The number of hydrogen-bond donors (Lipinski definition) is 1. The molecule has 0 aliphatic carbocycles. The van der Waals surface area contributed by atoms with Crippen molar-refractivity contribution in [3.8, 4) is 22.6 Å². The Kier molecular flexibility index (Phi) is 6.61. The summed E-state index contributed by atoms with van der Waals surface area (Å²) in [6.07, 6.45) is 1.25. The topological polar surface area (TPSA) is 103 Å². The predicted molar refractivity (Wildman–Crippen MR) is 144 cm³/mol. The highest BCUT2D eigenvalue weighted by molar-refractivity contribution is 7.92. The van der Waals surface area contributed by atoms with Crippen LogP contribution in [0, 0.1) is 25.5 Å². The number of pyridine rings is 1. The van der Waals surface area contributed by atoms with Crippen molar-refractivity contribution < 1.29 is 21.9 Å². The van der Waals surface area contributed by atoms with Gasteiger partial charge in [-0.2, -0.15) is 0 Å². The van der Waals surface area contributed by atoms with Crippen LogP contribution in [0.2, 0.25) is 0 Å². The molecule has 0 saturated heterocycles. The summed E-state index contributed by atoms with van der Waals surface area (Å²) in [6, 6.07) is 15.3. The van der Waals surface area contributed by atoms with E-state index in [2.05, 4.69) is 14.7 Å². The molecule has 0 unspecified atom stereocenters. The molecule has 0 bridgehead atoms. The Bertz CT molecular complexity index is 1920. The highest BCUT2D eigenvalue weighted by Gasteiger charge is 2.20. The van der Waals surface area contributed by atoms with Crippen molar-refractivity contribution >= 4 is 26.7 Å². The van der Waals surface area contributed by atoms with Crippen molar-refractivity contribution in [2.75, 3.05) is 11.8 Å². The van der Waals surface area contributed by atoms with Crippen molar-refractivity contribution in [2.24, 2.45) is 0 Å². The zero-order valence-electron chi connectivity index (χ0n) is 21.1. The third-order valence-corrected chi connectivity index (χ3v) is 7.55. The van der Waals surface area contributed by atoms with Gasteiger partial charge in [0.25, 0.3) is 15.6 Å². The van der Waals surface area contributed by atoms with Gasteiger partial charge in [-0.25, -0.2) is 27.2 Å². The van der Waals surface area contributed by atoms with Crippen molar-refractivity contribution in [3.63, 3.8) is 0 Å². The van der Waals surface area contributed by atoms with Crippen molar-refractivity contribution in [1.82, 2.24) is 14.5 Å². The standard InChI is InChI=1S/C28H22F2N4O4S/c1-16-10-18(4-7-22(16)29)21-13-26(38-3)25(14-23(21)30)34-24-8-6-20(12-19(24)5-9-28(34)35)39(36,37)33-27-11-17(2)31-15-32-27/h4-15H,1-3H3,(H,31,32,33). The molecule has 3 aromatic carbocycles. The summed E-state index contributed by atoms with van der Waals surface area (Å²) in [5.41, 5.74) is 1.55. The molecule has 5 rings (SSSR count). The summed E-state index contributed by atoms with van der Waals surface area (Å²) >= 11 is 0. The van der Waals surface area contributed by atoms with Crippen molar-refractivity contribution in [2.45, 2.75) is 18.7 Å². The van der Waals surface area contributed by atoms with Crippen molar-refractivity contribution in [1.29, 1.82) is 0 Å². The van der Waals surface area contributed by atoms with Gasteiger partial charge in [0.1, 0.15) is 29.5 Å². The van der Waals surface area contributed by atoms with Gasteiger partial charge >= 0.3 is 0 Å². The Morgan fingerprint density at radius 2 is 1.69 bits per heavy atom. The van der Waals surface area contributed by atoms with Crippen molar-refractivity contribution in [3.05, 3.63) is 106 Å². The number of halogens is 2. The Morgan fingerprint density at radius 3 is 2.41 bits per heavy atom. The van der Waals surface area contributed by atoms with E-state index in [1.165, 1.54) is 78.7 Å². The van der Waals surface area contributed by atoms with E-state index >= 15 is 4.39 Å². The van der Waals surface area contributed by atoms with Gasteiger partial charge in [-0.15, -0.1) is 0 Å². The third kappa shape index (κ3) is 4.96. The molecule has 0 radical (unpaired) electrons. The number of hydrogen-bond acceptors (Lipinski definition) is 6. The molecule has 8 nitrogen and oxygen atoms in total. The Labute approximate surface area is 222 Å². The summed E-state index contributed by atoms with van der Waals surface area (Å²) in [4.78, 5) is 20.8. The molecule has 1 N–H and O–H groups in total. The molecule has 0 spiro atoms. The van der Waals surface area contributed by atoms with Crippen LogP contribution in [0.5, 0.6) is 5.75 Å². The van der Waals surface area contributed by atoms with Crippen LogP contribution in [0.3, 0.4) is 0 Å². The number of methoxy groups -OCH3 is 1. The fourth-order valence-electron chi connectivity index (χ4n) is 4.26. The fraction of sp³-hybridized carbons (Fsp3) is 0.107. The Hall–Kier alpha value is -4.64. The second-order valence-electron chi connectivity index (χ2n) is 8.85. The number of ether oxygens (including phenoxy) is 1. The number of fused-ring (bicyclic) bond motifs is 1. The zero-order valence-corrected chi connectivity index (χ0v) is 21.9. The number of rotatable bonds is 6. The van der Waals surface area contributed by atoms with E-state index in [1.807, 2.05) is 0 Å². The smallest absolute Gasteiger partial charge is 0.263 e. The highest BCUT2D eigenvalue weighted by Crippen LogP contribution is 2.34. The third-order valence-electron chi connectivity index (χ3n) is 6.20. The molecular formula is C28H22F2N4O4S. The number of benzene rings is 3. The lowest BCUT2D eigenvalue weighted by molar-refractivity contribution is 0.412. The Balaban J connectivity index is 1.62. The van der Waals surface area contributed by atoms with Crippen LogP contribution in [-0.4, -0.2) is 30.1 Å². The van der Waals surface area contributed by atoms with E-state index in [4.69, 9.17) is 4.74 Å². The van der Waals surface area contributed by atoms with Crippen LogP contribution in [0.1, 0.15) is 11.3 Å². The van der Waals surface area contributed by atoms with Crippen LogP contribution >= 0.6 is 0 Å². The van der Waals surface area contributed by atoms with E-state index in [0.29, 0.717) is 27.7 Å². The zero-order chi connectivity index (χ0) is 27.9. The lowest BCUT2D eigenvalue weighted by Gasteiger charge is -2.17. The highest BCUT2D eigenvalue weighted by atomic mass is 32.2. The predicted octanol–water partition coefficient (Wildman–Crippen LogP) is 5.15. The average Bonchev–Trinajstić information content (AvgIpc) is 2.89. The molecule has 0 saturated carbocycles. The minimum Gasteiger partial charge on any atom is -0.495 e. The number of nitrogens with one attached hydrogen (secondary N) is 1. The van der Waals surface area contributed by atoms with E-state index in [-0.39, 0.29) is 27.7 Å². The molecule has 0 amide bonds. The fourth-order valence-corrected chi connectivity index (χ4v) is 5.30. The molecule has 0 atom stereocenters. The van der Waals surface area contributed by atoms with Crippen LogP contribution in [-0.2, 0) is 10.0 Å². The quantitative estimate of drug-likeness (QED) is 0.315. The average molecular weight is 549 g/mol. The van der Waals surface area contributed by atoms with E-state index in [1.54, 1.807) is 13.8 Å². The van der Waals surface area contributed by atoms with Gasteiger partial charge in [0, 0.05) is 34.8 Å². The lowest BCUT2D eigenvalue weighted by Crippen LogP contribution is -2.19. The molecule has 0 fully saturated rings. The van der Waals surface area contributed by atoms with Gasteiger partial charge in [0.2, 0.25) is 0 Å². The maximum absolute atomic E-state index is 15.4. The molecular weight excluding hydrogens is 526 g/mol. The lowest BCUT2D eigenvalue weighted by atomic mass is 10.0. The first-order chi connectivity index (χ1) is 18.6. The molecule has 2 heterocycles. The summed E-state index contributed by atoms with van der Waals surface area (Å²) < 4.78 is 64.3. The second kappa shape index (κ2) is 9.91. The molecule has 11 heteroatoms. The van der Waals surface area contributed by atoms with Crippen LogP contribution < -0.4 is 15.0 Å². The normalized spacial score (nSPS) is 11.5. The molecule has 0 aliphatic heterocycles. The van der Waals surface area contributed by atoms with Crippen LogP contribution in [0.15, 0.2) is 82.7 Å². The van der Waals surface area contributed by atoms with E-state index in [9.17, 15) is 17.6 Å². The maximum Gasteiger partial charge on any atom is 0.263 e. The minimum absolute atomic E-state index is 0.0587. The molecule has 5 aromatic rings. The molecule has 2 aromatic heterocycles. The molecule has 198 valence electrons. The first kappa shape index (κ1) is 26.0. The van der Waals surface area contributed by atoms with Crippen LogP contribution in [0.4, 0.5) is 14.6 Å². The second-order valence-corrected chi connectivity index (χ2v) is 10.5. The SMILES string of the molecule is COc1cc(-c2ccc(F)c(C)c2)c(F)cc1-n1c(=O)ccc2cc(S(=O)(=O)Nc3cc(C)ncn3)ccc21. The summed E-state index contributed by atoms with van der Waals surface area (Å²) in [6.45, 7) is 3.29. The maximum atomic E-state index is 15.4. The number of anilines is 1. The first-order valence-corrected chi connectivity index (χ1v) is 13.2. The van der Waals surface area contributed by atoms with Gasteiger partial charge in [-0.05, 0) is 67.4 Å². The first-order valence-electron chi connectivity index (χ1n) is 11.7. The summed E-state index contributed by atoms with van der Waals surface area (Å²) in [7, 11) is -2.62. The summed E-state index contributed by atoms with van der Waals surface area (Å²) in [5, 5.41) is 0.414. The molecule has 0 aliphatic rings. The monoisotopic (exact) mass is 548 g/mol. The number of nitrogens with zero attached hydrogens (tertiary/aromatic N) is 3. The summed E-state index contributed by atoms with van der Waals surface area (Å²) in [5.74, 6) is -0.747. The molecule has 39 heavy (non-hydrogen) atoms. The number of sulfonamides is 1. The van der Waals surface area contributed by atoms with Gasteiger partial charge in [-0.1, -0.05) is 6.07 Å². The number of aromatic nitrogens is 3. The van der Waals surface area contributed by atoms with Gasteiger partial charge < -0.3 is 4.74 Å². The van der Waals surface area contributed by atoms with Gasteiger partial charge in [0.05, 0.1) is 23.2 Å². The minimum atomic E-state index is -4.01. The largest absolute Gasteiger partial charge is 0.495 e. The van der Waals surface area contributed by atoms with Crippen LogP contribution in [0.25, 0.3) is 27.7 Å².